The number of hydrogen-bond donors (Lipinski definition) is 2. The SMILES string of the molecule is COc1ccc(C=Cc2ccccc2Cn2cc(O)c(=O)c(C(=O)O)c2)cc1. The maximum atomic E-state index is 11.7. The number of aromatic nitrogens is 1. The molecule has 3 aromatic rings. The second kappa shape index (κ2) is 8.26. The summed E-state index contributed by atoms with van der Waals surface area (Å²) in [6, 6.07) is 15.3. The summed E-state index contributed by atoms with van der Waals surface area (Å²) in [6.07, 6.45) is 6.38. The first-order chi connectivity index (χ1) is 13.5. The molecule has 1 aromatic heterocycles. The van der Waals surface area contributed by atoms with Gasteiger partial charge in [-0.3, -0.25) is 4.79 Å². The quantitative estimate of drug-likeness (QED) is 0.642. The van der Waals surface area contributed by atoms with Crippen LogP contribution in [0.1, 0.15) is 27.0 Å². The lowest BCUT2D eigenvalue weighted by molar-refractivity contribution is 0.0694. The molecule has 0 spiro atoms. The molecular weight excluding hydrogens is 358 g/mol. The molecule has 2 N–H and O–H groups in total. The van der Waals surface area contributed by atoms with E-state index in [2.05, 4.69) is 0 Å². The van der Waals surface area contributed by atoms with Gasteiger partial charge in [-0.2, -0.15) is 0 Å². The van der Waals surface area contributed by atoms with E-state index in [0.29, 0.717) is 6.54 Å². The fraction of sp³-hybridized carbons (Fsp3) is 0.0909. The van der Waals surface area contributed by atoms with Crippen molar-refractivity contribution in [2.24, 2.45) is 0 Å². The third-order valence-corrected chi connectivity index (χ3v) is 4.27. The van der Waals surface area contributed by atoms with Gasteiger partial charge in [0.05, 0.1) is 13.3 Å². The van der Waals surface area contributed by atoms with Crippen LogP contribution in [0, 0.1) is 0 Å². The molecule has 1 heterocycles. The number of aromatic hydroxyl groups is 1. The van der Waals surface area contributed by atoms with E-state index in [1.807, 2.05) is 60.7 Å². The smallest absolute Gasteiger partial charge is 0.341 e. The summed E-state index contributed by atoms with van der Waals surface area (Å²) in [5, 5.41) is 18.9. The highest BCUT2D eigenvalue weighted by Crippen LogP contribution is 2.17. The Labute approximate surface area is 161 Å². The van der Waals surface area contributed by atoms with Crippen LogP contribution < -0.4 is 10.2 Å². The average Bonchev–Trinajstić information content (AvgIpc) is 2.70. The van der Waals surface area contributed by atoms with Crippen LogP contribution in [0.25, 0.3) is 12.2 Å². The second-order valence-electron chi connectivity index (χ2n) is 6.17. The number of aromatic carboxylic acids is 1. The van der Waals surface area contributed by atoms with Crippen LogP contribution in [0.2, 0.25) is 0 Å². The fourth-order valence-corrected chi connectivity index (χ4v) is 2.80. The first-order valence-corrected chi connectivity index (χ1v) is 8.54. The van der Waals surface area contributed by atoms with Gasteiger partial charge in [-0.15, -0.1) is 0 Å². The molecule has 0 atom stereocenters. The Morgan fingerprint density at radius 1 is 1.07 bits per heavy atom. The number of carboxylic acids is 1. The molecule has 6 nitrogen and oxygen atoms in total. The second-order valence-corrected chi connectivity index (χ2v) is 6.17. The molecule has 0 aliphatic heterocycles. The summed E-state index contributed by atoms with van der Waals surface area (Å²) in [4.78, 5) is 22.9. The molecule has 142 valence electrons. The zero-order valence-electron chi connectivity index (χ0n) is 15.2. The Morgan fingerprint density at radius 3 is 2.46 bits per heavy atom. The van der Waals surface area contributed by atoms with Crippen LogP contribution in [-0.4, -0.2) is 27.9 Å². The van der Waals surface area contributed by atoms with Crippen molar-refractivity contribution in [3.63, 3.8) is 0 Å². The van der Waals surface area contributed by atoms with Crippen molar-refractivity contribution < 1.29 is 19.7 Å². The first kappa shape index (κ1) is 19.0. The normalized spacial score (nSPS) is 10.9. The standard InChI is InChI=1S/C22H19NO5/c1-28-18-10-7-15(8-11-18)6-9-16-4-2-3-5-17(16)12-23-13-19(22(26)27)21(25)20(24)14-23/h2-11,13-14,24H,12H2,1H3,(H,26,27). The summed E-state index contributed by atoms with van der Waals surface area (Å²) < 4.78 is 6.64. The zero-order chi connectivity index (χ0) is 20.1. The number of methoxy groups -OCH3 is 1. The molecule has 0 unspecified atom stereocenters. The number of pyridine rings is 1. The monoisotopic (exact) mass is 377 g/mol. The Bertz CT molecular complexity index is 1080. The van der Waals surface area contributed by atoms with Gasteiger partial charge < -0.3 is 19.5 Å². The van der Waals surface area contributed by atoms with Crippen LogP contribution in [0.3, 0.4) is 0 Å². The van der Waals surface area contributed by atoms with Crippen molar-refractivity contribution in [1.29, 1.82) is 0 Å². The van der Waals surface area contributed by atoms with E-state index in [1.54, 1.807) is 7.11 Å². The van der Waals surface area contributed by atoms with Gasteiger partial charge in [0.2, 0.25) is 5.43 Å². The topological polar surface area (TPSA) is 88.8 Å². The van der Waals surface area contributed by atoms with Gasteiger partial charge in [0.15, 0.2) is 5.75 Å². The number of carbonyl (C=O) groups is 1. The lowest BCUT2D eigenvalue weighted by Gasteiger charge is -2.11. The van der Waals surface area contributed by atoms with Crippen molar-refractivity contribution in [2.45, 2.75) is 6.54 Å². The molecule has 0 aliphatic rings. The van der Waals surface area contributed by atoms with E-state index in [1.165, 1.54) is 17.0 Å². The molecule has 0 bridgehead atoms. The molecule has 0 saturated heterocycles. The van der Waals surface area contributed by atoms with Gasteiger partial charge in [0.1, 0.15) is 11.3 Å². The van der Waals surface area contributed by atoms with Crippen molar-refractivity contribution in [2.75, 3.05) is 7.11 Å². The predicted molar refractivity (Wildman–Crippen MR) is 107 cm³/mol. The molecule has 0 aliphatic carbocycles. The molecule has 28 heavy (non-hydrogen) atoms. The van der Waals surface area contributed by atoms with E-state index in [-0.39, 0.29) is 0 Å². The summed E-state index contributed by atoms with van der Waals surface area (Å²) >= 11 is 0. The minimum atomic E-state index is -1.37. The first-order valence-electron chi connectivity index (χ1n) is 8.54. The van der Waals surface area contributed by atoms with Gasteiger partial charge in [0, 0.05) is 12.7 Å². The number of benzene rings is 2. The maximum Gasteiger partial charge on any atom is 0.341 e. The van der Waals surface area contributed by atoms with Gasteiger partial charge in [0.25, 0.3) is 0 Å². The van der Waals surface area contributed by atoms with Gasteiger partial charge in [-0.05, 0) is 28.8 Å². The average molecular weight is 377 g/mol. The molecule has 2 aromatic carbocycles. The highest BCUT2D eigenvalue weighted by atomic mass is 16.5. The van der Waals surface area contributed by atoms with Gasteiger partial charge in [-0.1, -0.05) is 48.6 Å². The van der Waals surface area contributed by atoms with Crippen molar-refractivity contribution in [1.82, 2.24) is 4.57 Å². The number of rotatable bonds is 6. The van der Waals surface area contributed by atoms with E-state index in [0.717, 1.165) is 22.4 Å². The summed E-state index contributed by atoms with van der Waals surface area (Å²) in [5.41, 5.74) is 1.49. The highest BCUT2D eigenvalue weighted by Gasteiger charge is 2.13. The molecule has 3 rings (SSSR count). The lowest BCUT2D eigenvalue weighted by atomic mass is 10.1. The Balaban J connectivity index is 1.89. The van der Waals surface area contributed by atoms with E-state index < -0.39 is 22.7 Å². The van der Waals surface area contributed by atoms with Crippen molar-refractivity contribution in [3.05, 3.63) is 93.4 Å². The Kier molecular flexibility index (Phi) is 5.60. The minimum absolute atomic E-state index is 0.303. The van der Waals surface area contributed by atoms with Crippen molar-refractivity contribution in [3.8, 4) is 11.5 Å². The molecule has 0 fully saturated rings. The molecule has 0 amide bonds. The number of carboxylic acid groups (broad SMARTS) is 1. The Morgan fingerprint density at radius 2 is 1.79 bits per heavy atom. The van der Waals surface area contributed by atoms with Gasteiger partial charge >= 0.3 is 5.97 Å². The van der Waals surface area contributed by atoms with E-state index >= 15 is 0 Å². The minimum Gasteiger partial charge on any atom is -0.503 e. The van der Waals surface area contributed by atoms with Crippen LogP contribution in [0.4, 0.5) is 0 Å². The third-order valence-electron chi connectivity index (χ3n) is 4.27. The largest absolute Gasteiger partial charge is 0.503 e. The van der Waals surface area contributed by atoms with Crippen LogP contribution in [0.15, 0.2) is 65.7 Å². The molecule has 6 heteroatoms. The van der Waals surface area contributed by atoms with Gasteiger partial charge in [-0.25, -0.2) is 4.79 Å². The maximum absolute atomic E-state index is 11.7. The zero-order valence-corrected chi connectivity index (χ0v) is 15.2. The van der Waals surface area contributed by atoms with E-state index in [4.69, 9.17) is 9.84 Å². The number of ether oxygens (including phenoxy) is 1. The number of nitrogens with zero attached hydrogens (tertiary/aromatic N) is 1. The molecule has 0 saturated carbocycles. The Hall–Kier alpha value is -3.80. The van der Waals surface area contributed by atoms with E-state index in [9.17, 15) is 14.7 Å². The summed E-state index contributed by atoms with van der Waals surface area (Å²) in [7, 11) is 1.62. The molecule has 0 radical (unpaired) electrons. The third kappa shape index (κ3) is 4.29. The lowest BCUT2D eigenvalue weighted by Crippen LogP contribution is -2.17. The molecular formula is C22H19NO5. The predicted octanol–water partition coefficient (Wildman–Crippen LogP) is 3.48. The summed E-state index contributed by atoms with van der Waals surface area (Å²) in [6.45, 7) is 0.303. The van der Waals surface area contributed by atoms with Crippen molar-refractivity contribution >= 4 is 18.1 Å². The van der Waals surface area contributed by atoms with Crippen LogP contribution >= 0.6 is 0 Å². The van der Waals surface area contributed by atoms with Crippen LogP contribution in [-0.2, 0) is 6.54 Å². The highest BCUT2D eigenvalue weighted by molar-refractivity contribution is 5.87. The van der Waals surface area contributed by atoms with Crippen LogP contribution in [0.5, 0.6) is 11.5 Å². The number of hydrogen-bond acceptors (Lipinski definition) is 4. The fourth-order valence-electron chi connectivity index (χ4n) is 2.80. The summed E-state index contributed by atoms with van der Waals surface area (Å²) in [5.74, 6) is -1.18.